The average Bonchev–Trinajstić information content (AvgIpc) is 2.83. The number of anilines is 2. The second kappa shape index (κ2) is 5.26. The quantitative estimate of drug-likeness (QED) is 0.677. The minimum Gasteiger partial charge on any atom is -0.396 e. The van der Waals surface area contributed by atoms with Crippen molar-refractivity contribution in [2.24, 2.45) is 0 Å². The zero-order valence-corrected chi connectivity index (χ0v) is 12.7. The van der Waals surface area contributed by atoms with E-state index >= 15 is 0 Å². The molecule has 0 amide bonds. The standard InChI is InChI=1S/C13H11BrN4OS/c14-7-1-2-11-9(3-7)12(10(15)5-16-11)17-4-8-6-20-13(19)18-8/h1-3,5-6H,4,15H2,(H,16,17)(H,18,19). The lowest BCUT2D eigenvalue weighted by Crippen LogP contribution is -2.05. The maximum absolute atomic E-state index is 11.1. The van der Waals surface area contributed by atoms with E-state index in [9.17, 15) is 4.79 Å². The lowest BCUT2D eigenvalue weighted by molar-refractivity contribution is 1.06. The summed E-state index contributed by atoms with van der Waals surface area (Å²) in [5.74, 6) is 0. The third-order valence-electron chi connectivity index (χ3n) is 2.89. The summed E-state index contributed by atoms with van der Waals surface area (Å²) in [6, 6.07) is 5.83. The number of benzene rings is 1. The number of hydrogen-bond donors (Lipinski definition) is 3. The molecule has 0 saturated heterocycles. The molecule has 0 spiro atoms. The largest absolute Gasteiger partial charge is 0.396 e. The Morgan fingerprint density at radius 1 is 1.45 bits per heavy atom. The van der Waals surface area contributed by atoms with Crippen LogP contribution in [0.15, 0.2) is 39.0 Å². The van der Waals surface area contributed by atoms with Gasteiger partial charge in [-0.05, 0) is 18.2 Å². The predicted octanol–water partition coefficient (Wildman–Crippen LogP) is 2.94. The number of aromatic nitrogens is 2. The van der Waals surface area contributed by atoms with Crippen LogP contribution in [-0.4, -0.2) is 9.97 Å². The zero-order chi connectivity index (χ0) is 14.1. The van der Waals surface area contributed by atoms with Crippen molar-refractivity contribution in [1.82, 2.24) is 9.97 Å². The van der Waals surface area contributed by atoms with Crippen LogP contribution in [-0.2, 0) is 6.54 Å². The number of hydrogen-bond acceptors (Lipinski definition) is 5. The summed E-state index contributed by atoms with van der Waals surface area (Å²) in [6.45, 7) is 0.508. The van der Waals surface area contributed by atoms with Gasteiger partial charge in [0.1, 0.15) is 0 Å². The Morgan fingerprint density at radius 3 is 3.05 bits per heavy atom. The van der Waals surface area contributed by atoms with Gasteiger partial charge in [-0.1, -0.05) is 27.3 Å². The first kappa shape index (κ1) is 13.1. The molecule has 2 heterocycles. The molecule has 5 nitrogen and oxygen atoms in total. The van der Waals surface area contributed by atoms with Gasteiger partial charge in [0.25, 0.3) is 0 Å². The summed E-state index contributed by atoms with van der Waals surface area (Å²) >= 11 is 4.60. The minimum atomic E-state index is -0.0582. The third-order valence-corrected chi connectivity index (χ3v) is 4.10. The van der Waals surface area contributed by atoms with Crippen molar-refractivity contribution in [3.8, 4) is 0 Å². The highest BCUT2D eigenvalue weighted by Crippen LogP contribution is 2.30. The molecular formula is C13H11BrN4OS. The van der Waals surface area contributed by atoms with E-state index < -0.39 is 0 Å². The monoisotopic (exact) mass is 350 g/mol. The normalized spacial score (nSPS) is 10.8. The number of H-pyrrole nitrogens is 1. The summed E-state index contributed by atoms with van der Waals surface area (Å²) in [5, 5.41) is 6.00. The molecule has 4 N–H and O–H groups in total. The van der Waals surface area contributed by atoms with Gasteiger partial charge < -0.3 is 16.0 Å². The lowest BCUT2D eigenvalue weighted by Gasteiger charge is -2.11. The molecule has 0 fully saturated rings. The number of fused-ring (bicyclic) bond motifs is 1. The van der Waals surface area contributed by atoms with E-state index in [0.717, 1.165) is 38.1 Å². The number of pyridine rings is 1. The zero-order valence-electron chi connectivity index (χ0n) is 10.3. The average molecular weight is 351 g/mol. The van der Waals surface area contributed by atoms with Crippen molar-refractivity contribution in [1.29, 1.82) is 0 Å². The van der Waals surface area contributed by atoms with Crippen molar-refractivity contribution in [3.63, 3.8) is 0 Å². The van der Waals surface area contributed by atoms with Crippen LogP contribution < -0.4 is 15.9 Å². The molecule has 0 unspecified atom stereocenters. The van der Waals surface area contributed by atoms with Gasteiger partial charge in [0.05, 0.1) is 29.6 Å². The predicted molar refractivity (Wildman–Crippen MR) is 86.1 cm³/mol. The number of rotatable bonds is 3. The van der Waals surface area contributed by atoms with Crippen LogP contribution in [0.25, 0.3) is 10.9 Å². The summed E-state index contributed by atoms with van der Waals surface area (Å²) in [7, 11) is 0. The van der Waals surface area contributed by atoms with Crippen molar-refractivity contribution in [3.05, 3.63) is 49.6 Å². The van der Waals surface area contributed by atoms with Crippen LogP contribution in [0.5, 0.6) is 0 Å². The van der Waals surface area contributed by atoms with Crippen LogP contribution in [0, 0.1) is 0 Å². The molecule has 3 aromatic rings. The first-order valence-corrected chi connectivity index (χ1v) is 7.55. The molecule has 0 aliphatic rings. The molecule has 102 valence electrons. The highest BCUT2D eigenvalue weighted by molar-refractivity contribution is 9.10. The Bertz CT molecular complexity index is 821. The molecule has 3 rings (SSSR count). The minimum absolute atomic E-state index is 0.0582. The Hall–Kier alpha value is -1.86. The van der Waals surface area contributed by atoms with Gasteiger partial charge in [-0.25, -0.2) is 0 Å². The molecule has 0 aliphatic heterocycles. The highest BCUT2D eigenvalue weighted by atomic mass is 79.9. The molecule has 1 aromatic carbocycles. The molecular weight excluding hydrogens is 340 g/mol. The molecule has 0 bridgehead atoms. The molecule has 0 saturated carbocycles. The Kier molecular flexibility index (Phi) is 3.45. The van der Waals surface area contributed by atoms with E-state index in [1.807, 2.05) is 18.2 Å². The first-order chi connectivity index (χ1) is 9.63. The van der Waals surface area contributed by atoms with Crippen molar-refractivity contribution < 1.29 is 0 Å². The van der Waals surface area contributed by atoms with E-state index in [0.29, 0.717) is 12.2 Å². The van der Waals surface area contributed by atoms with Crippen molar-refractivity contribution >= 4 is 49.5 Å². The molecule has 0 radical (unpaired) electrons. The van der Waals surface area contributed by atoms with Crippen molar-refractivity contribution in [2.75, 3.05) is 11.1 Å². The molecule has 2 aromatic heterocycles. The number of nitrogens with zero attached hydrogens (tertiary/aromatic N) is 1. The summed E-state index contributed by atoms with van der Waals surface area (Å²) in [5.41, 5.74) is 9.09. The van der Waals surface area contributed by atoms with E-state index in [2.05, 4.69) is 31.2 Å². The van der Waals surface area contributed by atoms with E-state index in [-0.39, 0.29) is 4.87 Å². The topological polar surface area (TPSA) is 83.8 Å². The van der Waals surface area contributed by atoms with E-state index in [1.165, 1.54) is 0 Å². The fourth-order valence-electron chi connectivity index (χ4n) is 1.96. The summed E-state index contributed by atoms with van der Waals surface area (Å²) in [4.78, 5) is 18.1. The smallest absolute Gasteiger partial charge is 0.304 e. The highest BCUT2D eigenvalue weighted by Gasteiger charge is 2.07. The fraction of sp³-hybridized carbons (Fsp3) is 0.0769. The van der Waals surface area contributed by atoms with Gasteiger partial charge in [0.2, 0.25) is 0 Å². The number of nitrogens with two attached hydrogens (primary N) is 1. The molecule has 20 heavy (non-hydrogen) atoms. The second-order valence-corrected chi connectivity index (χ2v) is 6.03. The van der Waals surface area contributed by atoms with Crippen LogP contribution >= 0.6 is 27.3 Å². The van der Waals surface area contributed by atoms with Crippen LogP contribution in [0.3, 0.4) is 0 Å². The van der Waals surface area contributed by atoms with Gasteiger partial charge in [0.15, 0.2) is 0 Å². The van der Waals surface area contributed by atoms with Crippen LogP contribution in [0.2, 0.25) is 0 Å². The van der Waals surface area contributed by atoms with Gasteiger partial charge in [-0.3, -0.25) is 9.78 Å². The molecule has 0 aliphatic carbocycles. The van der Waals surface area contributed by atoms with Crippen molar-refractivity contribution in [2.45, 2.75) is 6.54 Å². The van der Waals surface area contributed by atoms with Gasteiger partial charge >= 0.3 is 4.87 Å². The second-order valence-electron chi connectivity index (χ2n) is 4.28. The number of nitrogens with one attached hydrogen (secondary N) is 2. The lowest BCUT2D eigenvalue weighted by atomic mass is 10.1. The van der Waals surface area contributed by atoms with Crippen LogP contribution in [0.1, 0.15) is 5.69 Å². The van der Waals surface area contributed by atoms with E-state index in [1.54, 1.807) is 11.6 Å². The summed E-state index contributed by atoms with van der Waals surface area (Å²) < 4.78 is 0.962. The Labute approximate surface area is 127 Å². The van der Waals surface area contributed by atoms with Gasteiger partial charge in [0, 0.05) is 20.9 Å². The Balaban J connectivity index is 1.99. The third kappa shape index (κ3) is 2.54. The molecule has 7 heteroatoms. The van der Waals surface area contributed by atoms with E-state index in [4.69, 9.17) is 5.73 Å². The first-order valence-electron chi connectivity index (χ1n) is 5.88. The maximum atomic E-state index is 11.1. The SMILES string of the molecule is Nc1cnc2ccc(Br)cc2c1NCc1csc(=O)[nH]1. The maximum Gasteiger partial charge on any atom is 0.304 e. The Morgan fingerprint density at radius 2 is 2.30 bits per heavy atom. The molecule has 0 atom stereocenters. The number of aromatic amines is 1. The summed E-state index contributed by atoms with van der Waals surface area (Å²) in [6.07, 6.45) is 1.63. The van der Waals surface area contributed by atoms with Gasteiger partial charge in [-0.15, -0.1) is 0 Å². The fourth-order valence-corrected chi connectivity index (χ4v) is 2.90. The van der Waals surface area contributed by atoms with Gasteiger partial charge in [-0.2, -0.15) is 0 Å². The number of nitrogen functional groups attached to an aromatic ring is 1. The number of halogens is 1. The van der Waals surface area contributed by atoms with Crippen LogP contribution in [0.4, 0.5) is 11.4 Å². The number of thiazole rings is 1.